The van der Waals surface area contributed by atoms with Gasteiger partial charge >= 0.3 is 0 Å². The van der Waals surface area contributed by atoms with Crippen LogP contribution in [-0.2, 0) is 13.0 Å². The van der Waals surface area contributed by atoms with Crippen molar-refractivity contribution in [3.8, 4) is 0 Å². The maximum atomic E-state index is 8.97. The topological polar surface area (TPSA) is 36.4 Å². The largest absolute Gasteiger partial charge is 0.392 e. The highest BCUT2D eigenvalue weighted by Crippen LogP contribution is 2.10. The predicted molar refractivity (Wildman–Crippen MR) is 73.6 cm³/mol. The van der Waals surface area contributed by atoms with E-state index in [1.54, 1.807) is 6.20 Å². The number of aliphatic hydroxyl groups is 1. The molecule has 0 aliphatic rings. The fraction of sp³-hybridized carbons (Fsp3) is 0.267. The van der Waals surface area contributed by atoms with Gasteiger partial charge in [0.1, 0.15) is 5.82 Å². The van der Waals surface area contributed by atoms with Crippen LogP contribution in [0.1, 0.15) is 11.1 Å². The van der Waals surface area contributed by atoms with E-state index < -0.39 is 0 Å². The number of anilines is 1. The van der Waals surface area contributed by atoms with E-state index in [2.05, 4.69) is 34.1 Å². The van der Waals surface area contributed by atoms with Gasteiger partial charge in [0.15, 0.2) is 0 Å². The molecule has 1 aromatic heterocycles. The third-order valence-electron chi connectivity index (χ3n) is 2.96. The van der Waals surface area contributed by atoms with E-state index in [0.29, 0.717) is 0 Å². The molecule has 1 heterocycles. The Bertz CT molecular complexity index is 468. The molecule has 2 aromatic rings. The summed E-state index contributed by atoms with van der Waals surface area (Å²) in [5, 5.41) is 8.97. The highest BCUT2D eigenvalue weighted by atomic mass is 16.3. The molecule has 0 aliphatic carbocycles. The van der Waals surface area contributed by atoms with Crippen LogP contribution in [0.4, 0.5) is 5.82 Å². The third-order valence-corrected chi connectivity index (χ3v) is 2.96. The zero-order valence-electron chi connectivity index (χ0n) is 10.6. The Morgan fingerprint density at radius 3 is 2.44 bits per heavy atom. The zero-order chi connectivity index (χ0) is 12.8. The van der Waals surface area contributed by atoms with E-state index in [0.717, 1.165) is 24.3 Å². The highest BCUT2D eigenvalue weighted by Gasteiger charge is 2.02. The fourth-order valence-electron chi connectivity index (χ4n) is 1.79. The molecule has 0 saturated carbocycles. The minimum atomic E-state index is 0.0427. The van der Waals surface area contributed by atoms with Crippen molar-refractivity contribution in [1.82, 2.24) is 4.98 Å². The first-order chi connectivity index (χ1) is 8.79. The number of hydrogen-bond acceptors (Lipinski definition) is 3. The second-order valence-corrected chi connectivity index (χ2v) is 4.34. The normalized spacial score (nSPS) is 10.3. The van der Waals surface area contributed by atoms with Crippen molar-refractivity contribution in [3.63, 3.8) is 0 Å². The molecule has 2 rings (SSSR count). The molecule has 0 amide bonds. The standard InChI is InChI=1S/C15H18N2O/c1-17(10-9-13-5-3-2-4-6-13)15-8-7-14(12-18)11-16-15/h2-8,11,18H,9-10,12H2,1H3. The summed E-state index contributed by atoms with van der Waals surface area (Å²) < 4.78 is 0. The summed E-state index contributed by atoms with van der Waals surface area (Å²) in [6.45, 7) is 0.969. The molecule has 3 nitrogen and oxygen atoms in total. The van der Waals surface area contributed by atoms with E-state index >= 15 is 0 Å². The number of likely N-dealkylation sites (N-methyl/N-ethyl adjacent to an activating group) is 1. The van der Waals surface area contributed by atoms with Gasteiger partial charge in [0.25, 0.3) is 0 Å². The lowest BCUT2D eigenvalue weighted by atomic mass is 10.1. The van der Waals surface area contributed by atoms with Crippen molar-refractivity contribution in [1.29, 1.82) is 0 Å². The Morgan fingerprint density at radius 1 is 1.06 bits per heavy atom. The molecule has 3 heteroatoms. The molecule has 1 aromatic carbocycles. The fourth-order valence-corrected chi connectivity index (χ4v) is 1.79. The minimum absolute atomic E-state index is 0.0427. The number of nitrogens with zero attached hydrogens (tertiary/aromatic N) is 2. The summed E-state index contributed by atoms with van der Waals surface area (Å²) >= 11 is 0. The third kappa shape index (κ3) is 3.31. The van der Waals surface area contributed by atoms with Gasteiger partial charge in [-0.05, 0) is 23.6 Å². The van der Waals surface area contributed by atoms with Gasteiger partial charge in [-0.15, -0.1) is 0 Å². The lowest BCUT2D eigenvalue weighted by Crippen LogP contribution is -2.21. The zero-order valence-corrected chi connectivity index (χ0v) is 10.6. The van der Waals surface area contributed by atoms with Crippen molar-refractivity contribution >= 4 is 5.82 Å². The smallest absolute Gasteiger partial charge is 0.128 e. The van der Waals surface area contributed by atoms with Gasteiger partial charge in [0.2, 0.25) is 0 Å². The summed E-state index contributed by atoms with van der Waals surface area (Å²) in [7, 11) is 2.03. The lowest BCUT2D eigenvalue weighted by Gasteiger charge is -2.18. The Balaban J connectivity index is 1.93. The predicted octanol–water partition coefficient (Wildman–Crippen LogP) is 2.25. The number of aliphatic hydroxyl groups excluding tert-OH is 1. The molecule has 1 N–H and O–H groups in total. The summed E-state index contributed by atoms with van der Waals surface area (Å²) in [5.74, 6) is 0.933. The molecule has 0 radical (unpaired) electrons. The van der Waals surface area contributed by atoms with E-state index in [4.69, 9.17) is 5.11 Å². The molecule has 18 heavy (non-hydrogen) atoms. The Morgan fingerprint density at radius 2 is 1.83 bits per heavy atom. The molecule has 0 spiro atoms. The van der Waals surface area contributed by atoms with Crippen LogP contribution < -0.4 is 4.90 Å². The van der Waals surface area contributed by atoms with Gasteiger partial charge in [-0.3, -0.25) is 0 Å². The van der Waals surface area contributed by atoms with Gasteiger partial charge in [-0.1, -0.05) is 36.4 Å². The van der Waals surface area contributed by atoms with Gasteiger partial charge < -0.3 is 10.0 Å². The molecule has 0 aliphatic heterocycles. The Hall–Kier alpha value is -1.87. The van der Waals surface area contributed by atoms with Crippen molar-refractivity contribution < 1.29 is 5.11 Å². The van der Waals surface area contributed by atoms with Crippen LogP contribution in [-0.4, -0.2) is 23.7 Å². The highest BCUT2D eigenvalue weighted by molar-refractivity contribution is 5.38. The quantitative estimate of drug-likeness (QED) is 0.873. The van der Waals surface area contributed by atoms with Crippen LogP contribution in [0.3, 0.4) is 0 Å². The van der Waals surface area contributed by atoms with Gasteiger partial charge in [0, 0.05) is 19.8 Å². The Labute approximate surface area is 108 Å². The summed E-state index contributed by atoms with van der Waals surface area (Å²) in [6, 6.07) is 14.3. The van der Waals surface area contributed by atoms with Crippen LogP contribution in [0.25, 0.3) is 0 Å². The van der Waals surface area contributed by atoms with E-state index in [1.165, 1.54) is 5.56 Å². The monoisotopic (exact) mass is 242 g/mol. The second kappa shape index (κ2) is 6.17. The van der Waals surface area contributed by atoms with E-state index in [1.807, 2.05) is 25.2 Å². The molecule has 0 bridgehead atoms. The van der Waals surface area contributed by atoms with Crippen molar-refractivity contribution in [3.05, 3.63) is 59.8 Å². The molecule has 94 valence electrons. The van der Waals surface area contributed by atoms with Crippen molar-refractivity contribution in [2.45, 2.75) is 13.0 Å². The lowest BCUT2D eigenvalue weighted by molar-refractivity contribution is 0.281. The van der Waals surface area contributed by atoms with Gasteiger partial charge in [0.05, 0.1) is 6.61 Å². The van der Waals surface area contributed by atoms with Crippen LogP contribution in [0, 0.1) is 0 Å². The average molecular weight is 242 g/mol. The first-order valence-corrected chi connectivity index (χ1v) is 6.10. The first-order valence-electron chi connectivity index (χ1n) is 6.10. The average Bonchev–Trinajstić information content (AvgIpc) is 2.46. The van der Waals surface area contributed by atoms with Crippen LogP contribution in [0.15, 0.2) is 48.7 Å². The molecule has 0 fully saturated rings. The second-order valence-electron chi connectivity index (χ2n) is 4.34. The number of benzene rings is 1. The maximum Gasteiger partial charge on any atom is 0.128 e. The summed E-state index contributed by atoms with van der Waals surface area (Å²) in [5.41, 5.74) is 2.17. The number of pyridine rings is 1. The number of hydrogen-bond donors (Lipinski definition) is 1. The van der Waals surface area contributed by atoms with Gasteiger partial charge in [-0.25, -0.2) is 4.98 Å². The molecular formula is C15H18N2O. The van der Waals surface area contributed by atoms with Crippen LogP contribution in [0.5, 0.6) is 0 Å². The molecule has 0 unspecified atom stereocenters. The number of aromatic nitrogens is 1. The minimum Gasteiger partial charge on any atom is -0.392 e. The van der Waals surface area contributed by atoms with Crippen molar-refractivity contribution in [2.24, 2.45) is 0 Å². The molecule has 0 atom stereocenters. The Kier molecular flexibility index (Phi) is 4.31. The molecule has 0 saturated heterocycles. The van der Waals surface area contributed by atoms with Crippen molar-refractivity contribution in [2.75, 3.05) is 18.5 Å². The summed E-state index contributed by atoms with van der Waals surface area (Å²) in [4.78, 5) is 6.45. The van der Waals surface area contributed by atoms with Crippen LogP contribution in [0.2, 0.25) is 0 Å². The SMILES string of the molecule is CN(CCc1ccccc1)c1ccc(CO)cn1. The number of rotatable bonds is 5. The molecular weight excluding hydrogens is 224 g/mol. The van der Waals surface area contributed by atoms with E-state index in [-0.39, 0.29) is 6.61 Å². The first kappa shape index (κ1) is 12.6. The summed E-state index contributed by atoms with van der Waals surface area (Å²) in [6.07, 6.45) is 2.72. The maximum absolute atomic E-state index is 8.97. The van der Waals surface area contributed by atoms with Gasteiger partial charge in [-0.2, -0.15) is 0 Å². The van der Waals surface area contributed by atoms with E-state index in [9.17, 15) is 0 Å². The van der Waals surface area contributed by atoms with Crippen LogP contribution >= 0.6 is 0 Å².